The van der Waals surface area contributed by atoms with Gasteiger partial charge in [-0.2, -0.15) is 0 Å². The highest BCUT2D eigenvalue weighted by molar-refractivity contribution is 6.74. The highest BCUT2D eigenvalue weighted by Crippen LogP contribution is 2.50. The molecule has 0 amide bonds. The van der Waals surface area contributed by atoms with E-state index in [0.29, 0.717) is 30.6 Å². The molecule has 2 rings (SSSR count). The number of carbonyl (C=O) groups excluding carboxylic acids is 1. The fourth-order valence-corrected chi connectivity index (χ4v) is 4.95. The molecule has 0 heterocycles. The lowest BCUT2D eigenvalue weighted by Crippen LogP contribution is -2.43. The van der Waals surface area contributed by atoms with Crippen LogP contribution in [0.4, 0.5) is 0 Å². The van der Waals surface area contributed by atoms with Crippen molar-refractivity contribution in [1.82, 2.24) is 0 Å². The molecule has 0 spiro atoms. The minimum absolute atomic E-state index is 0.157. The van der Waals surface area contributed by atoms with Crippen molar-refractivity contribution in [3.8, 4) is 0 Å². The molecule has 0 radical (unpaired) electrons. The summed E-state index contributed by atoms with van der Waals surface area (Å²) in [4.78, 5) is 12.1. The third kappa shape index (κ3) is 3.13. The Balaban J connectivity index is 2.03. The number of aliphatic hydroxyl groups is 1. The van der Waals surface area contributed by atoms with Crippen LogP contribution in [0.1, 0.15) is 47.0 Å². The van der Waals surface area contributed by atoms with Gasteiger partial charge in [-0.15, -0.1) is 0 Å². The van der Waals surface area contributed by atoms with Crippen LogP contribution in [0.2, 0.25) is 18.1 Å². The second-order valence-electron chi connectivity index (χ2n) is 8.55. The fraction of sp³-hybridized carbons (Fsp3) is 0.941. The molecule has 2 saturated carbocycles. The molecule has 5 atom stereocenters. The van der Waals surface area contributed by atoms with Crippen molar-refractivity contribution in [2.24, 2.45) is 23.7 Å². The Bertz CT molecular complexity index is 399. The second kappa shape index (κ2) is 5.78. The lowest BCUT2D eigenvalue weighted by atomic mass is 9.88. The molecule has 2 fully saturated rings. The van der Waals surface area contributed by atoms with E-state index in [1.807, 2.05) is 0 Å². The van der Waals surface area contributed by atoms with Gasteiger partial charge in [0.25, 0.3) is 0 Å². The molecule has 3 nitrogen and oxygen atoms in total. The normalized spacial score (nSPS) is 37.1. The van der Waals surface area contributed by atoms with Crippen LogP contribution < -0.4 is 0 Å². The molecular formula is C17H32O3Si. The van der Waals surface area contributed by atoms with Crippen LogP contribution in [0.25, 0.3) is 0 Å². The summed E-state index contributed by atoms with van der Waals surface area (Å²) >= 11 is 0. The number of fused-ring (bicyclic) bond motifs is 1. The van der Waals surface area contributed by atoms with E-state index in [-0.39, 0.29) is 23.0 Å². The molecule has 0 aliphatic heterocycles. The Labute approximate surface area is 130 Å². The molecular weight excluding hydrogens is 280 g/mol. The Morgan fingerprint density at radius 1 is 1.29 bits per heavy atom. The highest BCUT2D eigenvalue weighted by atomic mass is 28.4. The predicted octanol–water partition coefficient (Wildman–Crippen LogP) is 3.62. The van der Waals surface area contributed by atoms with Crippen molar-refractivity contribution in [3.05, 3.63) is 0 Å². The molecule has 0 aromatic carbocycles. The van der Waals surface area contributed by atoms with E-state index < -0.39 is 8.32 Å². The average Bonchev–Trinajstić information content (AvgIpc) is 2.79. The van der Waals surface area contributed by atoms with Crippen LogP contribution in [-0.2, 0) is 9.22 Å². The van der Waals surface area contributed by atoms with Gasteiger partial charge in [-0.3, -0.25) is 4.79 Å². The van der Waals surface area contributed by atoms with Gasteiger partial charge in [0, 0.05) is 24.9 Å². The van der Waals surface area contributed by atoms with Gasteiger partial charge in [-0.05, 0) is 42.8 Å². The Kier molecular flexibility index (Phi) is 4.73. The van der Waals surface area contributed by atoms with E-state index >= 15 is 0 Å². The summed E-state index contributed by atoms with van der Waals surface area (Å²) in [5.74, 6) is 1.50. The van der Waals surface area contributed by atoms with Crippen LogP contribution in [0.5, 0.6) is 0 Å². The van der Waals surface area contributed by atoms with E-state index in [1.54, 1.807) is 0 Å². The van der Waals surface area contributed by atoms with Crippen molar-refractivity contribution in [3.63, 3.8) is 0 Å². The van der Waals surface area contributed by atoms with Gasteiger partial charge in [-0.25, -0.2) is 0 Å². The smallest absolute Gasteiger partial charge is 0.191 e. The van der Waals surface area contributed by atoms with Crippen LogP contribution in [0.3, 0.4) is 0 Å². The van der Waals surface area contributed by atoms with Crippen molar-refractivity contribution in [2.75, 3.05) is 6.61 Å². The first-order chi connectivity index (χ1) is 9.58. The SMILES string of the molecule is CC[C@@H]1C(=O)C[C@H]2C1C[C@@H](O)[C@@H]2CO[Si](C)(C)C(C)(C)C. The maximum absolute atomic E-state index is 12.1. The van der Waals surface area contributed by atoms with E-state index in [1.165, 1.54) is 0 Å². The zero-order valence-corrected chi connectivity index (χ0v) is 15.5. The van der Waals surface area contributed by atoms with Gasteiger partial charge < -0.3 is 9.53 Å². The van der Waals surface area contributed by atoms with Gasteiger partial charge in [0.15, 0.2) is 8.32 Å². The number of rotatable bonds is 4. The lowest BCUT2D eigenvalue weighted by molar-refractivity contribution is -0.121. The first-order valence-corrected chi connectivity index (χ1v) is 11.3. The average molecular weight is 313 g/mol. The van der Waals surface area contributed by atoms with E-state index in [4.69, 9.17) is 4.43 Å². The maximum atomic E-state index is 12.1. The summed E-state index contributed by atoms with van der Waals surface area (Å²) in [6.07, 6.45) is 2.08. The van der Waals surface area contributed by atoms with Gasteiger partial charge >= 0.3 is 0 Å². The molecule has 4 heteroatoms. The van der Waals surface area contributed by atoms with Crippen molar-refractivity contribution >= 4 is 14.1 Å². The van der Waals surface area contributed by atoms with Crippen LogP contribution in [0.15, 0.2) is 0 Å². The van der Waals surface area contributed by atoms with Gasteiger partial charge in [0.1, 0.15) is 5.78 Å². The van der Waals surface area contributed by atoms with Crippen molar-refractivity contribution in [1.29, 1.82) is 0 Å². The number of hydrogen-bond acceptors (Lipinski definition) is 3. The minimum Gasteiger partial charge on any atom is -0.416 e. The number of aliphatic hydroxyl groups excluding tert-OH is 1. The number of ketones is 1. The summed E-state index contributed by atoms with van der Waals surface area (Å²) in [5.41, 5.74) is 0. The van der Waals surface area contributed by atoms with Gasteiger partial charge in [0.2, 0.25) is 0 Å². The third-order valence-electron chi connectivity index (χ3n) is 6.36. The van der Waals surface area contributed by atoms with Gasteiger partial charge in [0.05, 0.1) is 6.10 Å². The molecule has 1 unspecified atom stereocenters. The van der Waals surface area contributed by atoms with E-state index in [2.05, 4.69) is 40.8 Å². The van der Waals surface area contributed by atoms with Crippen molar-refractivity contribution < 1.29 is 14.3 Å². The van der Waals surface area contributed by atoms with E-state index in [0.717, 1.165) is 12.8 Å². The molecule has 0 aromatic heterocycles. The highest BCUT2D eigenvalue weighted by Gasteiger charge is 2.52. The zero-order chi connectivity index (χ0) is 16.0. The standard InChI is InChI=1S/C17H32O3Si/c1-7-11-12-8-16(19)14(13(12)9-15(11)18)10-20-21(5,6)17(2,3)4/h11-14,16,19H,7-10H2,1-6H3/t11-,12?,13-,14+,16+/m0/s1. The summed E-state index contributed by atoms with van der Waals surface area (Å²) in [5, 5.41) is 10.6. The molecule has 2 aliphatic carbocycles. The Morgan fingerprint density at radius 2 is 1.90 bits per heavy atom. The van der Waals surface area contributed by atoms with Crippen LogP contribution >= 0.6 is 0 Å². The second-order valence-corrected chi connectivity index (χ2v) is 13.4. The molecule has 122 valence electrons. The lowest BCUT2D eigenvalue weighted by Gasteiger charge is -2.37. The minimum atomic E-state index is -1.78. The van der Waals surface area contributed by atoms with E-state index in [9.17, 15) is 9.90 Å². The number of carbonyl (C=O) groups is 1. The molecule has 0 saturated heterocycles. The van der Waals surface area contributed by atoms with Crippen LogP contribution in [0, 0.1) is 23.7 Å². The molecule has 21 heavy (non-hydrogen) atoms. The monoisotopic (exact) mass is 312 g/mol. The summed E-state index contributed by atoms with van der Waals surface area (Å²) < 4.78 is 6.33. The first kappa shape index (κ1) is 17.2. The van der Waals surface area contributed by atoms with Crippen molar-refractivity contribution in [2.45, 2.75) is 71.2 Å². The number of hydrogen-bond donors (Lipinski definition) is 1. The van der Waals surface area contributed by atoms with Gasteiger partial charge in [-0.1, -0.05) is 27.7 Å². The summed E-state index contributed by atoms with van der Waals surface area (Å²) in [6, 6.07) is 0. The molecule has 1 N–H and O–H groups in total. The number of Topliss-reactive ketones (excluding diaryl/α,β-unsaturated/α-hetero) is 1. The molecule has 0 bridgehead atoms. The Morgan fingerprint density at radius 3 is 2.43 bits per heavy atom. The fourth-order valence-electron chi connectivity index (χ4n) is 3.91. The molecule has 0 aromatic rings. The maximum Gasteiger partial charge on any atom is 0.191 e. The summed E-state index contributed by atoms with van der Waals surface area (Å²) in [6.45, 7) is 13.9. The zero-order valence-electron chi connectivity index (χ0n) is 14.5. The topological polar surface area (TPSA) is 46.5 Å². The Hall–Kier alpha value is -0.193. The predicted molar refractivity (Wildman–Crippen MR) is 87.6 cm³/mol. The van der Waals surface area contributed by atoms with Crippen LogP contribution in [-0.4, -0.2) is 31.9 Å². The largest absolute Gasteiger partial charge is 0.416 e. The molecule has 2 aliphatic rings. The third-order valence-corrected chi connectivity index (χ3v) is 10.9. The summed E-state index contributed by atoms with van der Waals surface area (Å²) in [7, 11) is -1.78. The quantitative estimate of drug-likeness (QED) is 0.807. The first-order valence-electron chi connectivity index (χ1n) is 8.43.